The van der Waals surface area contributed by atoms with E-state index in [4.69, 9.17) is 5.73 Å². The molecule has 31 heavy (non-hydrogen) atoms. The van der Waals surface area contributed by atoms with Gasteiger partial charge in [0.25, 0.3) is 0 Å². The van der Waals surface area contributed by atoms with Crippen LogP contribution in [0, 0.1) is 25.6 Å². The second-order valence-corrected chi connectivity index (χ2v) is 8.88. The molecule has 0 bridgehead atoms. The SMILES string of the molecule is C=C(C)C.CC.CCC1CCC(N)(Cc2ccc(F)cc2)CC1.Cc1ccc(C)cc1. The van der Waals surface area contributed by atoms with E-state index in [2.05, 4.69) is 51.6 Å². The van der Waals surface area contributed by atoms with Gasteiger partial charge in [0.15, 0.2) is 0 Å². The molecule has 1 aliphatic rings. The molecule has 2 aromatic rings. The summed E-state index contributed by atoms with van der Waals surface area (Å²) in [5, 5.41) is 0. The fourth-order valence-electron chi connectivity index (χ4n) is 3.48. The molecule has 2 heteroatoms. The van der Waals surface area contributed by atoms with E-state index in [1.807, 2.05) is 39.8 Å². The summed E-state index contributed by atoms with van der Waals surface area (Å²) in [7, 11) is 0. The zero-order valence-corrected chi connectivity index (χ0v) is 21.1. The summed E-state index contributed by atoms with van der Waals surface area (Å²) in [6.07, 6.45) is 6.84. The molecule has 0 radical (unpaired) electrons. The van der Waals surface area contributed by atoms with Crippen molar-refractivity contribution in [2.24, 2.45) is 11.7 Å². The molecule has 1 aliphatic carbocycles. The van der Waals surface area contributed by atoms with Gasteiger partial charge < -0.3 is 5.73 Å². The summed E-state index contributed by atoms with van der Waals surface area (Å²) < 4.78 is 12.8. The maximum Gasteiger partial charge on any atom is 0.123 e. The van der Waals surface area contributed by atoms with Crippen molar-refractivity contribution in [2.75, 3.05) is 0 Å². The predicted octanol–water partition coefficient (Wildman–Crippen LogP) is 8.58. The molecule has 1 saturated carbocycles. The van der Waals surface area contributed by atoms with Crippen molar-refractivity contribution in [1.29, 1.82) is 0 Å². The maximum absolute atomic E-state index is 12.8. The highest BCUT2D eigenvalue weighted by atomic mass is 19.1. The van der Waals surface area contributed by atoms with Gasteiger partial charge in [0.2, 0.25) is 0 Å². The third kappa shape index (κ3) is 13.9. The molecule has 2 aromatic carbocycles. The van der Waals surface area contributed by atoms with E-state index in [1.54, 1.807) is 0 Å². The van der Waals surface area contributed by atoms with E-state index >= 15 is 0 Å². The third-order valence-electron chi connectivity index (χ3n) is 5.37. The van der Waals surface area contributed by atoms with Crippen LogP contribution in [0.4, 0.5) is 4.39 Å². The molecule has 1 nitrogen and oxygen atoms in total. The standard InChI is InChI=1S/C15H22FN.C8H10.C4H8.C2H6/c1-2-12-7-9-15(17,10-8-12)11-13-3-5-14(16)6-4-13;1-7-3-5-8(2)6-4-7;1-4(2)3;1-2/h3-6,12H,2,7-11,17H2,1H3;3-6H,1-2H3;1H2,2-3H3;1-2H3. The van der Waals surface area contributed by atoms with Gasteiger partial charge in [-0.3, -0.25) is 0 Å². The van der Waals surface area contributed by atoms with E-state index in [0.29, 0.717) is 0 Å². The van der Waals surface area contributed by atoms with Crippen molar-refractivity contribution in [1.82, 2.24) is 0 Å². The average molecular weight is 428 g/mol. The Bertz CT molecular complexity index is 682. The number of benzene rings is 2. The molecule has 0 spiro atoms. The number of halogens is 1. The number of nitrogens with two attached hydrogens (primary N) is 1. The van der Waals surface area contributed by atoms with Crippen LogP contribution < -0.4 is 5.73 Å². The Labute approximate surface area is 192 Å². The van der Waals surface area contributed by atoms with Crippen LogP contribution in [-0.4, -0.2) is 5.54 Å². The summed E-state index contributed by atoms with van der Waals surface area (Å²) >= 11 is 0. The summed E-state index contributed by atoms with van der Waals surface area (Å²) in [4.78, 5) is 0. The van der Waals surface area contributed by atoms with Crippen LogP contribution in [0.2, 0.25) is 0 Å². The molecule has 0 unspecified atom stereocenters. The van der Waals surface area contributed by atoms with E-state index in [0.717, 1.165) is 30.7 Å². The van der Waals surface area contributed by atoms with Gasteiger partial charge in [-0.2, -0.15) is 0 Å². The second kappa shape index (κ2) is 15.8. The molecule has 0 saturated heterocycles. The van der Waals surface area contributed by atoms with Gasteiger partial charge in [0.1, 0.15) is 5.82 Å². The number of rotatable bonds is 3. The van der Waals surface area contributed by atoms with Gasteiger partial charge in [0.05, 0.1) is 0 Å². The Morgan fingerprint density at radius 3 is 1.68 bits per heavy atom. The Hall–Kier alpha value is -1.93. The van der Waals surface area contributed by atoms with E-state index in [-0.39, 0.29) is 11.4 Å². The van der Waals surface area contributed by atoms with Crippen LogP contribution in [0.5, 0.6) is 0 Å². The lowest BCUT2D eigenvalue weighted by Gasteiger charge is -2.37. The maximum atomic E-state index is 12.8. The largest absolute Gasteiger partial charge is 0.325 e. The van der Waals surface area contributed by atoms with Crippen molar-refractivity contribution in [3.8, 4) is 0 Å². The number of hydrogen-bond acceptors (Lipinski definition) is 1. The van der Waals surface area contributed by atoms with Crippen molar-refractivity contribution in [3.63, 3.8) is 0 Å². The highest BCUT2D eigenvalue weighted by molar-refractivity contribution is 5.20. The van der Waals surface area contributed by atoms with Crippen LogP contribution >= 0.6 is 0 Å². The molecule has 0 heterocycles. The lowest BCUT2D eigenvalue weighted by Crippen LogP contribution is -2.45. The predicted molar refractivity (Wildman–Crippen MR) is 137 cm³/mol. The Morgan fingerprint density at radius 1 is 0.935 bits per heavy atom. The quantitative estimate of drug-likeness (QED) is 0.488. The summed E-state index contributed by atoms with van der Waals surface area (Å²) in [5.74, 6) is 0.689. The van der Waals surface area contributed by atoms with E-state index in [9.17, 15) is 4.39 Å². The van der Waals surface area contributed by atoms with Crippen molar-refractivity contribution in [3.05, 3.63) is 83.2 Å². The molecule has 0 aliphatic heterocycles. The third-order valence-corrected chi connectivity index (χ3v) is 5.37. The summed E-state index contributed by atoms with van der Waals surface area (Å²) in [6.45, 7) is 18.0. The number of allylic oxidation sites excluding steroid dienone is 1. The van der Waals surface area contributed by atoms with Crippen molar-refractivity contribution < 1.29 is 4.39 Å². The van der Waals surface area contributed by atoms with Crippen molar-refractivity contribution in [2.45, 2.75) is 92.5 Å². The zero-order chi connectivity index (χ0) is 23.9. The fourth-order valence-corrected chi connectivity index (χ4v) is 3.48. The van der Waals surface area contributed by atoms with Gasteiger partial charge in [0, 0.05) is 5.54 Å². The normalized spacial score (nSPS) is 19.5. The minimum absolute atomic E-state index is 0.0660. The van der Waals surface area contributed by atoms with Gasteiger partial charge in [-0.25, -0.2) is 4.39 Å². The molecular formula is C29H46FN. The van der Waals surface area contributed by atoms with Gasteiger partial charge in [-0.1, -0.05) is 80.3 Å². The zero-order valence-electron chi connectivity index (χ0n) is 21.1. The number of aryl methyl sites for hydroxylation is 2. The molecule has 0 aromatic heterocycles. The molecule has 2 N–H and O–H groups in total. The first-order valence-electron chi connectivity index (χ1n) is 11.8. The topological polar surface area (TPSA) is 26.0 Å². The lowest BCUT2D eigenvalue weighted by molar-refractivity contribution is 0.228. The molecule has 0 amide bonds. The Balaban J connectivity index is 0.000000534. The molecule has 3 rings (SSSR count). The lowest BCUT2D eigenvalue weighted by atomic mass is 9.73. The van der Waals surface area contributed by atoms with Crippen LogP contribution in [0.25, 0.3) is 0 Å². The molecular weight excluding hydrogens is 381 g/mol. The van der Waals surface area contributed by atoms with Gasteiger partial charge in [-0.15, -0.1) is 6.58 Å². The first kappa shape index (κ1) is 29.1. The van der Waals surface area contributed by atoms with Gasteiger partial charge in [-0.05, 0) is 83.4 Å². The van der Waals surface area contributed by atoms with Gasteiger partial charge >= 0.3 is 0 Å². The Morgan fingerprint density at radius 2 is 1.32 bits per heavy atom. The monoisotopic (exact) mass is 427 g/mol. The van der Waals surface area contributed by atoms with Crippen LogP contribution in [0.3, 0.4) is 0 Å². The summed E-state index contributed by atoms with van der Waals surface area (Å²) in [5.41, 5.74) is 11.4. The molecule has 174 valence electrons. The first-order valence-corrected chi connectivity index (χ1v) is 11.8. The molecule has 1 fully saturated rings. The van der Waals surface area contributed by atoms with Crippen LogP contribution in [0.1, 0.15) is 83.4 Å². The molecule has 0 atom stereocenters. The Kier molecular flexibility index (Phi) is 14.8. The number of hydrogen-bond donors (Lipinski definition) is 1. The smallest absolute Gasteiger partial charge is 0.123 e. The first-order chi connectivity index (χ1) is 14.6. The second-order valence-electron chi connectivity index (χ2n) is 8.88. The van der Waals surface area contributed by atoms with E-state index < -0.39 is 0 Å². The minimum atomic E-state index is -0.172. The minimum Gasteiger partial charge on any atom is -0.325 e. The van der Waals surface area contributed by atoms with Crippen molar-refractivity contribution >= 4 is 0 Å². The van der Waals surface area contributed by atoms with Crippen LogP contribution in [-0.2, 0) is 6.42 Å². The highest BCUT2D eigenvalue weighted by Gasteiger charge is 2.30. The van der Waals surface area contributed by atoms with E-state index in [1.165, 1.54) is 48.1 Å². The average Bonchev–Trinajstić information content (AvgIpc) is 2.74. The summed E-state index contributed by atoms with van der Waals surface area (Å²) in [6, 6.07) is 15.2. The highest BCUT2D eigenvalue weighted by Crippen LogP contribution is 2.34. The fraction of sp³-hybridized carbons (Fsp3) is 0.517. The van der Waals surface area contributed by atoms with Crippen LogP contribution in [0.15, 0.2) is 60.7 Å².